The van der Waals surface area contributed by atoms with Crippen molar-refractivity contribution in [2.24, 2.45) is 0 Å². The highest BCUT2D eigenvalue weighted by Gasteiger charge is 2.09. The van der Waals surface area contributed by atoms with Crippen LogP contribution >= 0.6 is 11.6 Å². The number of carbonyl (C=O) groups excluding carboxylic acids is 2. The van der Waals surface area contributed by atoms with E-state index in [4.69, 9.17) is 16.0 Å². The standard InChI is InChI=1S/C15H11ClO4/c1-19-15(18)11-4-2-3-10(9-11)13-7-5-12(20-13)6-8-14(16)17/h2-9H,1H3/b8-6+. The van der Waals surface area contributed by atoms with Gasteiger partial charge in [0, 0.05) is 11.6 Å². The summed E-state index contributed by atoms with van der Waals surface area (Å²) in [6.45, 7) is 0. The molecule has 20 heavy (non-hydrogen) atoms. The van der Waals surface area contributed by atoms with Gasteiger partial charge in [-0.2, -0.15) is 0 Å². The Labute approximate surface area is 120 Å². The average molecular weight is 291 g/mol. The minimum atomic E-state index is -0.573. The van der Waals surface area contributed by atoms with Gasteiger partial charge < -0.3 is 9.15 Å². The van der Waals surface area contributed by atoms with Gasteiger partial charge >= 0.3 is 5.97 Å². The van der Waals surface area contributed by atoms with Gasteiger partial charge in [0.1, 0.15) is 11.5 Å². The molecule has 0 aliphatic carbocycles. The van der Waals surface area contributed by atoms with Gasteiger partial charge in [-0.05, 0) is 41.9 Å². The highest BCUT2D eigenvalue weighted by molar-refractivity contribution is 6.66. The molecule has 102 valence electrons. The maximum absolute atomic E-state index is 11.5. The number of ether oxygens (including phenoxy) is 1. The number of allylic oxidation sites excluding steroid dienone is 1. The second kappa shape index (κ2) is 6.21. The van der Waals surface area contributed by atoms with E-state index in [-0.39, 0.29) is 0 Å². The van der Waals surface area contributed by atoms with E-state index in [0.717, 1.165) is 5.56 Å². The summed E-state index contributed by atoms with van der Waals surface area (Å²) in [5.41, 5.74) is 1.18. The topological polar surface area (TPSA) is 56.5 Å². The molecule has 0 aliphatic rings. The van der Waals surface area contributed by atoms with Crippen LogP contribution in [0.1, 0.15) is 16.1 Å². The molecule has 0 bridgehead atoms. The molecule has 2 aromatic rings. The Morgan fingerprint density at radius 3 is 2.75 bits per heavy atom. The molecule has 0 N–H and O–H groups in total. The Morgan fingerprint density at radius 1 is 1.25 bits per heavy atom. The first-order valence-electron chi connectivity index (χ1n) is 5.76. The zero-order valence-corrected chi connectivity index (χ0v) is 11.4. The van der Waals surface area contributed by atoms with Crippen molar-refractivity contribution in [1.82, 2.24) is 0 Å². The molecule has 1 heterocycles. The summed E-state index contributed by atoms with van der Waals surface area (Å²) in [5, 5.41) is -0.573. The molecule has 4 nitrogen and oxygen atoms in total. The van der Waals surface area contributed by atoms with Gasteiger partial charge in [-0.25, -0.2) is 4.79 Å². The van der Waals surface area contributed by atoms with E-state index in [1.54, 1.807) is 30.3 Å². The lowest BCUT2D eigenvalue weighted by Crippen LogP contribution is -2.00. The van der Waals surface area contributed by atoms with E-state index in [2.05, 4.69) is 4.74 Å². The summed E-state index contributed by atoms with van der Waals surface area (Å²) in [6, 6.07) is 10.3. The van der Waals surface area contributed by atoms with Gasteiger partial charge in [0.05, 0.1) is 12.7 Å². The summed E-state index contributed by atoms with van der Waals surface area (Å²) < 4.78 is 10.2. The molecule has 0 saturated carbocycles. The lowest BCUT2D eigenvalue weighted by Gasteiger charge is -2.01. The number of hydrogen-bond donors (Lipinski definition) is 0. The van der Waals surface area contributed by atoms with Crippen molar-refractivity contribution in [3.8, 4) is 11.3 Å². The molecule has 0 spiro atoms. The molecular formula is C15H11ClO4. The largest absolute Gasteiger partial charge is 0.465 e. The van der Waals surface area contributed by atoms with Crippen LogP contribution < -0.4 is 0 Å². The SMILES string of the molecule is COC(=O)c1cccc(-c2ccc(/C=C/C(=O)Cl)o2)c1. The quantitative estimate of drug-likeness (QED) is 0.491. The minimum Gasteiger partial charge on any atom is -0.465 e. The first-order chi connectivity index (χ1) is 9.60. The molecule has 1 aromatic heterocycles. The number of halogens is 1. The van der Waals surface area contributed by atoms with E-state index in [1.165, 1.54) is 19.3 Å². The number of hydrogen-bond acceptors (Lipinski definition) is 4. The Bertz CT molecular complexity index is 670. The molecule has 5 heteroatoms. The molecule has 2 rings (SSSR count). The molecule has 0 amide bonds. The third-order valence-corrected chi connectivity index (χ3v) is 2.70. The first kappa shape index (κ1) is 14.1. The van der Waals surface area contributed by atoms with Crippen molar-refractivity contribution in [3.63, 3.8) is 0 Å². The van der Waals surface area contributed by atoms with Crippen LogP contribution in [0.15, 0.2) is 46.9 Å². The molecule has 0 unspecified atom stereocenters. The number of esters is 1. The Hall–Kier alpha value is -2.33. The fourth-order valence-electron chi connectivity index (χ4n) is 1.66. The molecule has 1 aromatic carbocycles. The van der Waals surface area contributed by atoms with Crippen molar-refractivity contribution in [1.29, 1.82) is 0 Å². The van der Waals surface area contributed by atoms with Crippen molar-refractivity contribution in [2.45, 2.75) is 0 Å². The zero-order chi connectivity index (χ0) is 14.5. The second-order valence-corrected chi connectivity index (χ2v) is 4.28. The second-order valence-electron chi connectivity index (χ2n) is 3.91. The van der Waals surface area contributed by atoms with E-state index in [0.29, 0.717) is 17.1 Å². The molecule has 0 atom stereocenters. The van der Waals surface area contributed by atoms with E-state index >= 15 is 0 Å². The average Bonchev–Trinajstić information content (AvgIpc) is 2.93. The van der Waals surface area contributed by atoms with E-state index in [9.17, 15) is 9.59 Å². The fraction of sp³-hybridized carbons (Fsp3) is 0.0667. The van der Waals surface area contributed by atoms with E-state index < -0.39 is 11.2 Å². The summed E-state index contributed by atoms with van der Waals surface area (Å²) in [6.07, 6.45) is 2.68. The van der Waals surface area contributed by atoms with Gasteiger partial charge in [0.25, 0.3) is 0 Å². The van der Waals surface area contributed by atoms with Crippen LogP contribution in [0, 0.1) is 0 Å². The summed E-state index contributed by atoms with van der Waals surface area (Å²) >= 11 is 5.20. The Kier molecular flexibility index (Phi) is 4.38. The van der Waals surface area contributed by atoms with Crippen molar-refractivity contribution in [2.75, 3.05) is 7.11 Å². The number of carbonyl (C=O) groups is 2. The van der Waals surface area contributed by atoms with Crippen LogP contribution in [0.2, 0.25) is 0 Å². The van der Waals surface area contributed by atoms with Gasteiger partial charge in [-0.1, -0.05) is 12.1 Å². The predicted octanol–water partition coefficient (Wildman–Crippen LogP) is 3.51. The van der Waals surface area contributed by atoms with Gasteiger partial charge in [0.15, 0.2) is 0 Å². The molecule has 0 fully saturated rings. The lowest BCUT2D eigenvalue weighted by atomic mass is 10.1. The number of rotatable bonds is 4. The van der Waals surface area contributed by atoms with Gasteiger partial charge in [-0.15, -0.1) is 0 Å². The fourth-order valence-corrected chi connectivity index (χ4v) is 1.73. The number of furan rings is 1. The van der Waals surface area contributed by atoms with Crippen LogP contribution in [0.3, 0.4) is 0 Å². The smallest absolute Gasteiger partial charge is 0.337 e. The van der Waals surface area contributed by atoms with Crippen LogP contribution in [0.25, 0.3) is 17.4 Å². The summed E-state index contributed by atoms with van der Waals surface area (Å²) in [7, 11) is 1.33. The summed E-state index contributed by atoms with van der Waals surface area (Å²) in [5.74, 6) is 0.668. The third kappa shape index (κ3) is 3.36. The Morgan fingerprint density at radius 2 is 2.05 bits per heavy atom. The summed E-state index contributed by atoms with van der Waals surface area (Å²) in [4.78, 5) is 22.1. The number of benzene rings is 1. The van der Waals surface area contributed by atoms with Gasteiger partial charge in [0.2, 0.25) is 5.24 Å². The van der Waals surface area contributed by atoms with Crippen LogP contribution in [-0.2, 0) is 9.53 Å². The van der Waals surface area contributed by atoms with E-state index in [1.807, 2.05) is 6.07 Å². The maximum Gasteiger partial charge on any atom is 0.337 e. The van der Waals surface area contributed by atoms with Crippen molar-refractivity contribution >= 4 is 28.9 Å². The molecular weight excluding hydrogens is 280 g/mol. The molecule has 0 aliphatic heterocycles. The molecule has 0 radical (unpaired) electrons. The Balaban J connectivity index is 2.28. The number of methoxy groups -OCH3 is 1. The van der Waals surface area contributed by atoms with Crippen LogP contribution in [-0.4, -0.2) is 18.3 Å². The highest BCUT2D eigenvalue weighted by Crippen LogP contribution is 2.24. The first-order valence-corrected chi connectivity index (χ1v) is 6.14. The maximum atomic E-state index is 11.5. The van der Waals surface area contributed by atoms with Crippen LogP contribution in [0.5, 0.6) is 0 Å². The lowest BCUT2D eigenvalue weighted by molar-refractivity contribution is -0.107. The normalized spacial score (nSPS) is 10.7. The van der Waals surface area contributed by atoms with Crippen molar-refractivity contribution < 1.29 is 18.7 Å². The van der Waals surface area contributed by atoms with Crippen LogP contribution in [0.4, 0.5) is 0 Å². The van der Waals surface area contributed by atoms with Gasteiger partial charge in [-0.3, -0.25) is 4.79 Å². The molecule has 0 saturated heterocycles. The third-order valence-electron chi connectivity index (χ3n) is 2.57. The monoisotopic (exact) mass is 290 g/mol. The predicted molar refractivity (Wildman–Crippen MR) is 75.4 cm³/mol. The van der Waals surface area contributed by atoms with Crippen molar-refractivity contribution in [3.05, 3.63) is 53.8 Å². The zero-order valence-electron chi connectivity index (χ0n) is 10.6. The highest BCUT2D eigenvalue weighted by atomic mass is 35.5. The minimum absolute atomic E-state index is 0.411.